The Morgan fingerprint density at radius 1 is 1.50 bits per heavy atom. The summed E-state index contributed by atoms with van der Waals surface area (Å²) in [6.07, 6.45) is 4.71. The van der Waals surface area contributed by atoms with Gasteiger partial charge in [-0.25, -0.2) is 4.98 Å². The Morgan fingerprint density at radius 2 is 2.33 bits per heavy atom. The van der Waals surface area contributed by atoms with E-state index in [1.807, 2.05) is 0 Å². The van der Waals surface area contributed by atoms with Gasteiger partial charge in [0.05, 0.1) is 0 Å². The van der Waals surface area contributed by atoms with Crippen LogP contribution < -0.4 is 0 Å². The number of hydrogen-bond donors (Lipinski definition) is 2. The highest BCUT2D eigenvalue weighted by atomic mass is 16.4. The largest absolute Gasteiger partial charge is 0.481 e. The number of carboxylic acids is 1. The third kappa shape index (κ3) is 2.85. The number of aromatic nitrogens is 3. The van der Waals surface area contributed by atoms with Crippen LogP contribution in [0.2, 0.25) is 0 Å². The van der Waals surface area contributed by atoms with Crippen LogP contribution in [0.4, 0.5) is 0 Å². The van der Waals surface area contributed by atoms with Gasteiger partial charge >= 0.3 is 5.97 Å². The molecule has 0 saturated carbocycles. The summed E-state index contributed by atoms with van der Waals surface area (Å²) in [5, 5.41) is 14.9. The minimum Gasteiger partial charge on any atom is -0.481 e. The molecule has 0 aliphatic carbocycles. The minimum atomic E-state index is -0.826. The fraction of sp³-hybridized carbons (Fsp3) is 0.636. The number of H-pyrrole nitrogens is 1. The Hall–Kier alpha value is -1.92. The van der Waals surface area contributed by atoms with Crippen molar-refractivity contribution in [3.63, 3.8) is 0 Å². The number of aliphatic carboxylic acids is 1. The highest BCUT2D eigenvalue weighted by Crippen LogP contribution is 2.22. The van der Waals surface area contributed by atoms with Crippen LogP contribution in [0.25, 0.3) is 0 Å². The van der Waals surface area contributed by atoms with Crippen LogP contribution in [0.15, 0.2) is 6.33 Å². The second kappa shape index (κ2) is 5.61. The van der Waals surface area contributed by atoms with Gasteiger partial charge in [-0.1, -0.05) is 0 Å². The number of hydrogen-bond acceptors (Lipinski definition) is 4. The van der Waals surface area contributed by atoms with Gasteiger partial charge in [-0.15, -0.1) is 0 Å². The van der Waals surface area contributed by atoms with Gasteiger partial charge in [0, 0.05) is 19.0 Å². The molecule has 2 heterocycles. The lowest BCUT2D eigenvalue weighted by molar-refractivity contribution is -0.137. The van der Waals surface area contributed by atoms with Gasteiger partial charge in [0.2, 0.25) is 5.82 Å². The zero-order chi connectivity index (χ0) is 13.0. The molecule has 1 aromatic heterocycles. The Kier molecular flexibility index (Phi) is 3.91. The Bertz CT molecular complexity index is 418. The van der Waals surface area contributed by atoms with Gasteiger partial charge < -0.3 is 10.0 Å². The fourth-order valence-corrected chi connectivity index (χ4v) is 2.30. The van der Waals surface area contributed by atoms with Crippen molar-refractivity contribution in [3.8, 4) is 0 Å². The summed E-state index contributed by atoms with van der Waals surface area (Å²) in [7, 11) is 0. The first kappa shape index (κ1) is 12.5. The number of likely N-dealkylation sites (tertiary alicyclic amines) is 1. The maximum absolute atomic E-state index is 12.2. The normalized spacial score (nSPS) is 19.8. The first-order valence-corrected chi connectivity index (χ1v) is 6.06. The molecule has 0 bridgehead atoms. The van der Waals surface area contributed by atoms with Crippen LogP contribution in [0, 0.1) is 0 Å². The maximum Gasteiger partial charge on any atom is 0.303 e. The molecule has 98 valence electrons. The van der Waals surface area contributed by atoms with E-state index in [2.05, 4.69) is 15.2 Å². The molecule has 0 radical (unpaired) electrons. The van der Waals surface area contributed by atoms with Crippen molar-refractivity contribution in [1.29, 1.82) is 0 Å². The second-order valence-electron chi connectivity index (χ2n) is 4.41. The molecule has 1 aliphatic heterocycles. The zero-order valence-corrected chi connectivity index (χ0v) is 10.0. The van der Waals surface area contributed by atoms with E-state index in [0.29, 0.717) is 13.0 Å². The molecule has 0 aromatic carbocycles. The van der Waals surface area contributed by atoms with Crippen molar-refractivity contribution in [2.45, 2.75) is 38.1 Å². The fourth-order valence-electron chi connectivity index (χ4n) is 2.30. The van der Waals surface area contributed by atoms with Crippen molar-refractivity contribution < 1.29 is 14.7 Å². The molecule has 1 amide bonds. The zero-order valence-electron chi connectivity index (χ0n) is 10.0. The Morgan fingerprint density at radius 3 is 3.00 bits per heavy atom. The van der Waals surface area contributed by atoms with E-state index in [0.717, 1.165) is 19.3 Å². The number of carbonyl (C=O) groups excluding carboxylic acids is 1. The molecule has 1 aromatic rings. The number of nitrogens with zero attached hydrogens (tertiary/aromatic N) is 3. The van der Waals surface area contributed by atoms with E-state index in [-0.39, 0.29) is 24.2 Å². The van der Waals surface area contributed by atoms with Gasteiger partial charge in [0.1, 0.15) is 6.33 Å². The monoisotopic (exact) mass is 252 g/mol. The lowest BCUT2D eigenvalue weighted by Crippen LogP contribution is -2.44. The van der Waals surface area contributed by atoms with E-state index >= 15 is 0 Å². The molecule has 1 fully saturated rings. The number of rotatable bonds is 4. The molecule has 1 aliphatic rings. The molecule has 2 rings (SSSR count). The Balaban J connectivity index is 2.03. The third-order valence-corrected chi connectivity index (χ3v) is 3.20. The first-order valence-electron chi connectivity index (χ1n) is 6.06. The average molecular weight is 252 g/mol. The molecule has 1 unspecified atom stereocenters. The van der Waals surface area contributed by atoms with Gasteiger partial charge in [-0.05, 0) is 25.7 Å². The van der Waals surface area contributed by atoms with Gasteiger partial charge in [0.25, 0.3) is 5.91 Å². The molecule has 18 heavy (non-hydrogen) atoms. The van der Waals surface area contributed by atoms with Crippen molar-refractivity contribution in [2.24, 2.45) is 0 Å². The number of carboxylic acid groups (broad SMARTS) is 1. The van der Waals surface area contributed by atoms with E-state index in [4.69, 9.17) is 5.11 Å². The molecule has 7 nitrogen and oxygen atoms in total. The second-order valence-corrected chi connectivity index (χ2v) is 4.41. The number of carbonyl (C=O) groups is 2. The van der Waals surface area contributed by atoms with E-state index < -0.39 is 5.97 Å². The summed E-state index contributed by atoms with van der Waals surface area (Å²) in [6.45, 7) is 0.657. The highest BCUT2D eigenvalue weighted by Gasteiger charge is 2.29. The molecule has 1 atom stereocenters. The van der Waals surface area contributed by atoms with E-state index in [1.165, 1.54) is 6.33 Å². The number of piperidine rings is 1. The standard InChI is InChI=1S/C11H16N4O3/c16-9(17)5-4-8-3-1-2-6-15(8)11(18)10-12-7-13-14-10/h7-8H,1-6H2,(H,16,17)(H,12,13,14). The molecule has 1 saturated heterocycles. The SMILES string of the molecule is O=C(O)CCC1CCCCN1C(=O)c1ncn[nH]1. The quantitative estimate of drug-likeness (QED) is 0.820. The predicted octanol–water partition coefficient (Wildman–Crippen LogP) is 0.664. The molecule has 7 heteroatoms. The highest BCUT2D eigenvalue weighted by molar-refractivity contribution is 5.90. The minimum absolute atomic E-state index is 0.00699. The summed E-state index contributed by atoms with van der Waals surface area (Å²) >= 11 is 0. The van der Waals surface area contributed by atoms with Gasteiger partial charge in [0.15, 0.2) is 0 Å². The summed E-state index contributed by atoms with van der Waals surface area (Å²) in [5.74, 6) is -0.799. The summed E-state index contributed by atoms with van der Waals surface area (Å²) in [4.78, 5) is 28.3. The van der Waals surface area contributed by atoms with Crippen molar-refractivity contribution >= 4 is 11.9 Å². The topological polar surface area (TPSA) is 99.2 Å². The Labute approximate surface area is 104 Å². The van der Waals surface area contributed by atoms with Crippen LogP contribution in [0.1, 0.15) is 42.7 Å². The van der Waals surface area contributed by atoms with E-state index in [1.54, 1.807) is 4.90 Å². The summed E-state index contributed by atoms with van der Waals surface area (Å²) in [6, 6.07) is -0.00699. The molecular formula is C11H16N4O3. The smallest absolute Gasteiger partial charge is 0.303 e. The van der Waals surface area contributed by atoms with Crippen LogP contribution in [-0.2, 0) is 4.79 Å². The number of amides is 1. The lowest BCUT2D eigenvalue weighted by Gasteiger charge is -2.35. The predicted molar refractivity (Wildman–Crippen MR) is 61.9 cm³/mol. The van der Waals surface area contributed by atoms with Crippen LogP contribution >= 0.6 is 0 Å². The summed E-state index contributed by atoms with van der Waals surface area (Å²) < 4.78 is 0. The van der Waals surface area contributed by atoms with Crippen molar-refractivity contribution in [2.75, 3.05) is 6.54 Å². The average Bonchev–Trinajstić information content (AvgIpc) is 2.89. The number of nitrogens with one attached hydrogen (secondary N) is 1. The maximum atomic E-state index is 12.2. The van der Waals surface area contributed by atoms with Crippen molar-refractivity contribution in [3.05, 3.63) is 12.2 Å². The van der Waals surface area contributed by atoms with E-state index in [9.17, 15) is 9.59 Å². The number of aromatic amines is 1. The van der Waals surface area contributed by atoms with Crippen LogP contribution in [0.5, 0.6) is 0 Å². The lowest BCUT2D eigenvalue weighted by atomic mass is 9.98. The summed E-state index contributed by atoms with van der Waals surface area (Å²) in [5.41, 5.74) is 0. The van der Waals surface area contributed by atoms with Crippen molar-refractivity contribution in [1.82, 2.24) is 20.1 Å². The first-order chi connectivity index (χ1) is 8.68. The third-order valence-electron chi connectivity index (χ3n) is 3.20. The van der Waals surface area contributed by atoms with Gasteiger partial charge in [-0.3, -0.25) is 14.7 Å². The van der Waals surface area contributed by atoms with Crippen LogP contribution in [0.3, 0.4) is 0 Å². The van der Waals surface area contributed by atoms with Gasteiger partial charge in [-0.2, -0.15) is 5.10 Å². The van der Waals surface area contributed by atoms with Crippen LogP contribution in [-0.4, -0.2) is 49.7 Å². The molecule has 0 spiro atoms. The molecule has 2 N–H and O–H groups in total. The molecular weight excluding hydrogens is 236 g/mol.